The van der Waals surface area contributed by atoms with Crippen LogP contribution in [0.4, 0.5) is 0 Å². The first-order valence-electron chi connectivity index (χ1n) is 6.53. The zero-order valence-electron chi connectivity index (χ0n) is 10.9. The zero-order chi connectivity index (χ0) is 12.5. The summed E-state index contributed by atoms with van der Waals surface area (Å²) in [5, 5.41) is 10.6. The average molecular weight is 233 g/mol. The third kappa shape index (κ3) is 2.88. The maximum absolute atomic E-state index is 10.6. The second-order valence-corrected chi connectivity index (χ2v) is 5.61. The van der Waals surface area contributed by atoms with Crippen molar-refractivity contribution >= 4 is 0 Å². The summed E-state index contributed by atoms with van der Waals surface area (Å²) in [5.41, 5.74) is 9.24. The summed E-state index contributed by atoms with van der Waals surface area (Å²) < 4.78 is 0. The molecule has 2 rings (SSSR count). The van der Waals surface area contributed by atoms with E-state index in [0.29, 0.717) is 0 Å². The SMILES string of the molecule is Cc1cccc(C)c1CC1(O)CCC(N)CC1. The molecule has 0 spiro atoms. The number of benzene rings is 1. The Balaban J connectivity index is 2.15. The van der Waals surface area contributed by atoms with E-state index in [9.17, 15) is 5.11 Å². The lowest BCUT2D eigenvalue weighted by Crippen LogP contribution is -2.40. The molecule has 0 radical (unpaired) electrons. The van der Waals surface area contributed by atoms with Gasteiger partial charge in [0, 0.05) is 12.5 Å². The Bertz CT molecular complexity index is 372. The molecule has 0 unspecified atom stereocenters. The summed E-state index contributed by atoms with van der Waals surface area (Å²) in [6, 6.07) is 6.61. The lowest BCUT2D eigenvalue weighted by molar-refractivity contribution is -0.0000338. The van der Waals surface area contributed by atoms with Crippen molar-refractivity contribution in [2.24, 2.45) is 5.73 Å². The molecule has 2 nitrogen and oxygen atoms in total. The third-order valence-corrected chi connectivity index (χ3v) is 4.11. The molecule has 0 atom stereocenters. The summed E-state index contributed by atoms with van der Waals surface area (Å²) in [6.07, 6.45) is 4.34. The first-order chi connectivity index (χ1) is 8.00. The molecule has 0 saturated heterocycles. The van der Waals surface area contributed by atoms with E-state index >= 15 is 0 Å². The predicted octanol–water partition coefficient (Wildman–Crippen LogP) is 2.48. The van der Waals surface area contributed by atoms with Crippen LogP contribution in [0.3, 0.4) is 0 Å². The summed E-state index contributed by atoms with van der Waals surface area (Å²) in [7, 11) is 0. The van der Waals surface area contributed by atoms with Gasteiger partial charge in [0.1, 0.15) is 0 Å². The smallest absolute Gasteiger partial charge is 0.0689 e. The Morgan fingerprint density at radius 2 is 1.76 bits per heavy atom. The van der Waals surface area contributed by atoms with Crippen LogP contribution in [0.1, 0.15) is 42.4 Å². The molecule has 1 aromatic carbocycles. The minimum atomic E-state index is -0.535. The van der Waals surface area contributed by atoms with Crippen LogP contribution >= 0.6 is 0 Å². The van der Waals surface area contributed by atoms with Crippen molar-refractivity contribution in [1.82, 2.24) is 0 Å². The summed E-state index contributed by atoms with van der Waals surface area (Å²) in [4.78, 5) is 0. The van der Waals surface area contributed by atoms with E-state index in [1.54, 1.807) is 0 Å². The maximum Gasteiger partial charge on any atom is 0.0689 e. The molecule has 2 heteroatoms. The molecular weight excluding hydrogens is 210 g/mol. The standard InChI is InChI=1S/C15H23NO/c1-11-4-3-5-12(2)14(11)10-15(17)8-6-13(16)7-9-15/h3-5,13,17H,6-10,16H2,1-2H3. The van der Waals surface area contributed by atoms with Crippen LogP contribution in [0.15, 0.2) is 18.2 Å². The second-order valence-electron chi connectivity index (χ2n) is 5.61. The predicted molar refractivity (Wildman–Crippen MR) is 71.0 cm³/mol. The zero-order valence-corrected chi connectivity index (χ0v) is 10.9. The van der Waals surface area contributed by atoms with Crippen LogP contribution in [0.2, 0.25) is 0 Å². The van der Waals surface area contributed by atoms with Crippen molar-refractivity contribution in [1.29, 1.82) is 0 Å². The molecule has 0 bridgehead atoms. The van der Waals surface area contributed by atoms with Gasteiger partial charge in [-0.2, -0.15) is 0 Å². The Kier molecular flexibility index (Phi) is 3.55. The van der Waals surface area contributed by atoms with Gasteiger partial charge in [0.2, 0.25) is 0 Å². The van der Waals surface area contributed by atoms with Gasteiger partial charge in [0.25, 0.3) is 0 Å². The molecular formula is C15H23NO. The Morgan fingerprint density at radius 3 is 2.29 bits per heavy atom. The summed E-state index contributed by atoms with van der Waals surface area (Å²) in [5.74, 6) is 0. The van der Waals surface area contributed by atoms with Gasteiger partial charge in [0.05, 0.1) is 5.60 Å². The highest BCUT2D eigenvalue weighted by Gasteiger charge is 2.32. The number of hydrogen-bond acceptors (Lipinski definition) is 2. The maximum atomic E-state index is 10.6. The first-order valence-corrected chi connectivity index (χ1v) is 6.53. The van der Waals surface area contributed by atoms with E-state index in [1.807, 2.05) is 0 Å². The molecule has 94 valence electrons. The molecule has 0 amide bonds. The normalized spacial score (nSPS) is 29.3. The third-order valence-electron chi connectivity index (χ3n) is 4.11. The van der Waals surface area contributed by atoms with E-state index in [0.717, 1.165) is 32.1 Å². The Hall–Kier alpha value is -0.860. The van der Waals surface area contributed by atoms with Crippen molar-refractivity contribution in [2.45, 2.75) is 57.6 Å². The van der Waals surface area contributed by atoms with Crippen LogP contribution in [-0.4, -0.2) is 16.7 Å². The molecule has 17 heavy (non-hydrogen) atoms. The van der Waals surface area contributed by atoms with Gasteiger partial charge in [-0.25, -0.2) is 0 Å². The Morgan fingerprint density at radius 1 is 1.24 bits per heavy atom. The Labute approximate surface area is 104 Å². The van der Waals surface area contributed by atoms with Crippen LogP contribution in [-0.2, 0) is 6.42 Å². The number of hydrogen-bond donors (Lipinski definition) is 2. The second kappa shape index (κ2) is 4.79. The molecule has 1 fully saturated rings. The van der Waals surface area contributed by atoms with Gasteiger partial charge in [-0.1, -0.05) is 18.2 Å². The largest absolute Gasteiger partial charge is 0.390 e. The van der Waals surface area contributed by atoms with E-state index in [1.165, 1.54) is 16.7 Å². The monoisotopic (exact) mass is 233 g/mol. The van der Waals surface area contributed by atoms with E-state index in [2.05, 4.69) is 32.0 Å². The fraction of sp³-hybridized carbons (Fsp3) is 0.600. The molecule has 1 aliphatic rings. The van der Waals surface area contributed by atoms with E-state index in [-0.39, 0.29) is 6.04 Å². The van der Waals surface area contributed by atoms with Crippen LogP contribution in [0, 0.1) is 13.8 Å². The van der Waals surface area contributed by atoms with Crippen LogP contribution in [0.25, 0.3) is 0 Å². The van der Waals surface area contributed by atoms with Crippen molar-refractivity contribution in [3.05, 3.63) is 34.9 Å². The van der Waals surface area contributed by atoms with E-state index < -0.39 is 5.60 Å². The van der Waals surface area contributed by atoms with Gasteiger partial charge in [-0.15, -0.1) is 0 Å². The van der Waals surface area contributed by atoms with Crippen LogP contribution in [0.5, 0.6) is 0 Å². The minimum absolute atomic E-state index is 0.285. The average Bonchev–Trinajstić information content (AvgIpc) is 2.29. The number of nitrogens with two attached hydrogens (primary N) is 1. The molecule has 1 aromatic rings. The van der Waals surface area contributed by atoms with Gasteiger partial charge >= 0.3 is 0 Å². The van der Waals surface area contributed by atoms with Crippen molar-refractivity contribution < 1.29 is 5.11 Å². The van der Waals surface area contributed by atoms with Gasteiger partial charge in [-0.05, 0) is 56.2 Å². The fourth-order valence-corrected chi connectivity index (χ4v) is 2.81. The molecule has 1 aliphatic carbocycles. The van der Waals surface area contributed by atoms with Crippen molar-refractivity contribution in [3.63, 3.8) is 0 Å². The van der Waals surface area contributed by atoms with Crippen molar-refractivity contribution in [2.75, 3.05) is 0 Å². The van der Waals surface area contributed by atoms with Gasteiger partial charge in [0.15, 0.2) is 0 Å². The topological polar surface area (TPSA) is 46.2 Å². The number of aliphatic hydroxyl groups is 1. The number of aryl methyl sites for hydroxylation is 2. The highest BCUT2D eigenvalue weighted by molar-refractivity contribution is 5.34. The highest BCUT2D eigenvalue weighted by atomic mass is 16.3. The molecule has 0 heterocycles. The highest BCUT2D eigenvalue weighted by Crippen LogP contribution is 2.32. The molecule has 3 N–H and O–H groups in total. The van der Waals surface area contributed by atoms with Gasteiger partial charge in [-0.3, -0.25) is 0 Å². The lowest BCUT2D eigenvalue weighted by Gasteiger charge is -2.35. The van der Waals surface area contributed by atoms with E-state index in [4.69, 9.17) is 5.73 Å². The number of rotatable bonds is 2. The first kappa shape index (κ1) is 12.6. The van der Waals surface area contributed by atoms with Gasteiger partial charge < -0.3 is 10.8 Å². The lowest BCUT2D eigenvalue weighted by atomic mass is 9.77. The van der Waals surface area contributed by atoms with Crippen molar-refractivity contribution in [3.8, 4) is 0 Å². The molecule has 0 aromatic heterocycles. The molecule has 1 saturated carbocycles. The quantitative estimate of drug-likeness (QED) is 0.824. The summed E-state index contributed by atoms with van der Waals surface area (Å²) in [6.45, 7) is 4.25. The minimum Gasteiger partial charge on any atom is -0.390 e. The fourth-order valence-electron chi connectivity index (χ4n) is 2.81. The molecule has 0 aliphatic heterocycles. The van der Waals surface area contributed by atoms with Crippen LogP contribution < -0.4 is 5.73 Å². The summed E-state index contributed by atoms with van der Waals surface area (Å²) >= 11 is 0.